The molecule has 0 heterocycles. The number of benzene rings is 5. The standard InChI is InChI=1S/C52H60N4O10/c1-7-29-64-46(57)32-43(48(58)53-28-27-37-21-16-23-41(31-37)62-6)55-50(60)47-42-24-15-14-22-39(42)25-26-45(47)65-34-40(30-36-17-10-8-11-18-36)54-49(59)44(56(5)51(61)66-52(2,3)4)35-63-33-38-19-12-9-13-20-38/h7-26,31,40,43-44H,1,27-30,32-35H2,2-6H3,(H,53,58)(H,54,59)(H,55,60)/t40-,43+,44-/m1/s1. The summed E-state index contributed by atoms with van der Waals surface area (Å²) in [5.41, 5.74) is 2.00. The van der Waals surface area contributed by atoms with Crippen LogP contribution in [0.5, 0.6) is 11.5 Å². The number of esters is 1. The van der Waals surface area contributed by atoms with Gasteiger partial charge in [-0.2, -0.15) is 0 Å². The van der Waals surface area contributed by atoms with Crippen LogP contribution in [0.4, 0.5) is 4.79 Å². The Balaban J connectivity index is 1.40. The minimum Gasteiger partial charge on any atom is -0.497 e. The lowest BCUT2D eigenvalue weighted by Crippen LogP contribution is -2.54. The van der Waals surface area contributed by atoms with Crippen molar-refractivity contribution >= 4 is 40.6 Å². The normalized spacial score (nSPS) is 12.4. The highest BCUT2D eigenvalue weighted by atomic mass is 16.6. The van der Waals surface area contributed by atoms with Gasteiger partial charge in [-0.3, -0.25) is 24.1 Å². The van der Waals surface area contributed by atoms with E-state index in [1.807, 2.05) is 97.1 Å². The molecule has 3 atom stereocenters. The summed E-state index contributed by atoms with van der Waals surface area (Å²) >= 11 is 0. The van der Waals surface area contributed by atoms with Crippen LogP contribution in [0.2, 0.25) is 0 Å². The van der Waals surface area contributed by atoms with Gasteiger partial charge >= 0.3 is 12.1 Å². The molecule has 348 valence electrons. The maximum Gasteiger partial charge on any atom is 0.410 e. The predicted molar refractivity (Wildman–Crippen MR) is 252 cm³/mol. The van der Waals surface area contributed by atoms with Crippen molar-refractivity contribution in [2.24, 2.45) is 0 Å². The Morgan fingerprint density at radius 2 is 1.45 bits per heavy atom. The second kappa shape index (κ2) is 24.8. The predicted octanol–water partition coefficient (Wildman–Crippen LogP) is 6.98. The van der Waals surface area contributed by atoms with Gasteiger partial charge < -0.3 is 39.6 Å². The molecule has 0 bridgehead atoms. The van der Waals surface area contributed by atoms with Crippen LogP contribution in [0.3, 0.4) is 0 Å². The minimum atomic E-state index is -1.32. The van der Waals surface area contributed by atoms with Crippen LogP contribution in [0.15, 0.2) is 134 Å². The number of hydrogen-bond donors (Lipinski definition) is 3. The Morgan fingerprint density at radius 1 is 0.773 bits per heavy atom. The number of nitrogens with one attached hydrogen (secondary N) is 3. The van der Waals surface area contributed by atoms with Crippen LogP contribution in [0, 0.1) is 0 Å². The van der Waals surface area contributed by atoms with E-state index < -0.39 is 59.9 Å². The van der Waals surface area contributed by atoms with Gasteiger partial charge in [-0.25, -0.2) is 4.79 Å². The van der Waals surface area contributed by atoms with Crippen LogP contribution in [0.1, 0.15) is 54.2 Å². The van der Waals surface area contributed by atoms with Gasteiger partial charge in [-0.05, 0) is 79.3 Å². The molecule has 5 aromatic carbocycles. The van der Waals surface area contributed by atoms with Crippen molar-refractivity contribution < 1.29 is 47.7 Å². The Hall–Kier alpha value is -7.19. The third kappa shape index (κ3) is 15.5. The summed E-state index contributed by atoms with van der Waals surface area (Å²) in [6, 6.07) is 34.0. The fraction of sp³-hybridized carbons (Fsp3) is 0.327. The highest BCUT2D eigenvalue weighted by Gasteiger charge is 2.33. The number of methoxy groups -OCH3 is 1. The van der Waals surface area contributed by atoms with E-state index in [1.165, 1.54) is 18.0 Å². The number of ether oxygens (including phenoxy) is 5. The van der Waals surface area contributed by atoms with E-state index in [-0.39, 0.29) is 44.3 Å². The van der Waals surface area contributed by atoms with E-state index in [4.69, 9.17) is 23.7 Å². The summed E-state index contributed by atoms with van der Waals surface area (Å²) in [6.45, 7) is 8.90. The molecular formula is C52H60N4O10. The molecule has 0 aliphatic heterocycles. The minimum absolute atomic E-state index is 0.0717. The quantitative estimate of drug-likeness (QED) is 0.0459. The third-order valence-corrected chi connectivity index (χ3v) is 10.3. The molecule has 0 unspecified atom stereocenters. The molecule has 0 radical (unpaired) electrons. The molecule has 3 N–H and O–H groups in total. The molecule has 14 heteroatoms. The maximum absolute atomic E-state index is 14.5. The third-order valence-electron chi connectivity index (χ3n) is 10.3. The van der Waals surface area contributed by atoms with E-state index >= 15 is 0 Å². The van der Waals surface area contributed by atoms with Crippen molar-refractivity contribution in [2.75, 3.05) is 40.5 Å². The zero-order valence-corrected chi connectivity index (χ0v) is 38.3. The van der Waals surface area contributed by atoms with Crippen molar-refractivity contribution in [3.05, 3.63) is 156 Å². The zero-order chi connectivity index (χ0) is 47.5. The lowest BCUT2D eigenvalue weighted by atomic mass is 10.0. The number of likely N-dealkylation sites (N-methyl/N-ethyl adjacent to an activating group) is 1. The summed E-state index contributed by atoms with van der Waals surface area (Å²) in [4.78, 5) is 70.0. The largest absolute Gasteiger partial charge is 0.497 e. The fourth-order valence-electron chi connectivity index (χ4n) is 6.93. The lowest BCUT2D eigenvalue weighted by molar-refractivity contribution is -0.144. The van der Waals surface area contributed by atoms with E-state index in [1.54, 1.807) is 52.1 Å². The molecule has 0 saturated carbocycles. The summed E-state index contributed by atoms with van der Waals surface area (Å²) in [5, 5.41) is 9.94. The number of rotatable bonds is 23. The molecule has 0 aromatic heterocycles. The lowest BCUT2D eigenvalue weighted by Gasteiger charge is -2.31. The molecule has 14 nitrogen and oxygen atoms in total. The molecule has 0 spiro atoms. The Bertz CT molecular complexity index is 2400. The molecule has 0 fully saturated rings. The Labute approximate surface area is 386 Å². The second-order valence-electron chi connectivity index (χ2n) is 16.6. The van der Waals surface area contributed by atoms with Crippen molar-refractivity contribution in [1.29, 1.82) is 0 Å². The summed E-state index contributed by atoms with van der Waals surface area (Å²) in [6.07, 6.45) is 1.04. The molecule has 5 rings (SSSR count). The van der Waals surface area contributed by atoms with Gasteiger partial charge in [0.05, 0.1) is 38.3 Å². The molecule has 0 saturated heterocycles. The Kier molecular flexibility index (Phi) is 18.7. The highest BCUT2D eigenvalue weighted by molar-refractivity contribution is 6.10. The molecule has 0 aliphatic rings. The van der Waals surface area contributed by atoms with Gasteiger partial charge in [0.2, 0.25) is 11.8 Å². The number of nitrogens with zero attached hydrogens (tertiary/aromatic N) is 1. The van der Waals surface area contributed by atoms with Crippen LogP contribution >= 0.6 is 0 Å². The summed E-state index contributed by atoms with van der Waals surface area (Å²) in [5.74, 6) is -1.65. The van der Waals surface area contributed by atoms with E-state index in [0.717, 1.165) is 22.1 Å². The zero-order valence-electron chi connectivity index (χ0n) is 38.3. The monoisotopic (exact) mass is 900 g/mol. The van der Waals surface area contributed by atoms with Gasteiger partial charge in [0.1, 0.15) is 42.4 Å². The smallest absolute Gasteiger partial charge is 0.410 e. The van der Waals surface area contributed by atoms with Gasteiger partial charge in [0.25, 0.3) is 5.91 Å². The first-order valence-electron chi connectivity index (χ1n) is 21.8. The van der Waals surface area contributed by atoms with Crippen LogP contribution in [-0.2, 0) is 48.0 Å². The van der Waals surface area contributed by atoms with Gasteiger partial charge in [-0.15, -0.1) is 0 Å². The average Bonchev–Trinajstić information content (AvgIpc) is 3.30. The molecular weight excluding hydrogens is 841 g/mol. The first-order chi connectivity index (χ1) is 31.7. The molecule has 66 heavy (non-hydrogen) atoms. The summed E-state index contributed by atoms with van der Waals surface area (Å²) < 4.78 is 28.6. The average molecular weight is 901 g/mol. The number of hydrogen-bond acceptors (Lipinski definition) is 10. The number of carbonyl (C=O) groups excluding carboxylic acids is 5. The van der Waals surface area contributed by atoms with Crippen LogP contribution < -0.4 is 25.4 Å². The van der Waals surface area contributed by atoms with Crippen molar-refractivity contribution in [3.8, 4) is 11.5 Å². The SMILES string of the molecule is C=CCOC(=O)C[C@H](NC(=O)c1c(OC[C@@H](Cc2ccccc2)NC(=O)[C@@H](COCc2ccccc2)N(C)C(=O)OC(C)(C)C)ccc2ccccc12)C(=O)NCCc1cccc(OC)c1. The number of amides is 4. The second-order valence-corrected chi connectivity index (χ2v) is 16.6. The highest BCUT2D eigenvalue weighted by Crippen LogP contribution is 2.29. The first kappa shape index (κ1) is 49.8. The maximum atomic E-state index is 14.5. The van der Waals surface area contributed by atoms with Gasteiger partial charge in [0.15, 0.2) is 0 Å². The molecule has 4 amide bonds. The fourth-order valence-corrected chi connectivity index (χ4v) is 6.93. The van der Waals surface area contributed by atoms with Crippen molar-refractivity contribution in [3.63, 3.8) is 0 Å². The molecule has 0 aliphatic carbocycles. The van der Waals surface area contributed by atoms with Gasteiger partial charge in [0, 0.05) is 13.6 Å². The Morgan fingerprint density at radius 3 is 2.15 bits per heavy atom. The molecule has 5 aromatic rings. The summed E-state index contributed by atoms with van der Waals surface area (Å²) in [7, 11) is 3.06. The van der Waals surface area contributed by atoms with Crippen molar-refractivity contribution in [1.82, 2.24) is 20.9 Å². The topological polar surface area (TPSA) is 171 Å². The van der Waals surface area contributed by atoms with Crippen LogP contribution in [0.25, 0.3) is 10.8 Å². The van der Waals surface area contributed by atoms with E-state index in [0.29, 0.717) is 24.0 Å². The van der Waals surface area contributed by atoms with Gasteiger partial charge in [-0.1, -0.05) is 116 Å². The van der Waals surface area contributed by atoms with Crippen molar-refractivity contribution in [2.45, 2.75) is 70.4 Å². The van der Waals surface area contributed by atoms with E-state index in [9.17, 15) is 24.0 Å². The van der Waals surface area contributed by atoms with E-state index in [2.05, 4.69) is 22.5 Å². The van der Waals surface area contributed by atoms with Crippen LogP contribution in [-0.4, -0.2) is 98.9 Å². The first-order valence-corrected chi connectivity index (χ1v) is 21.8. The number of carbonyl (C=O) groups is 5. The number of fused-ring (bicyclic) bond motifs is 1.